The first-order valence-electron chi connectivity index (χ1n) is 1.31. The Morgan fingerprint density at radius 2 is 2.00 bits per heavy atom. The van der Waals surface area contributed by atoms with E-state index in [-0.39, 0.29) is 22.4 Å². The average Bonchev–Trinajstić information content (AvgIpc) is 1.38. The van der Waals surface area contributed by atoms with E-state index in [0.717, 1.165) is 0 Å². The summed E-state index contributed by atoms with van der Waals surface area (Å²) >= 11 is 0. The predicted octanol–water partition coefficient (Wildman–Crippen LogP) is 0.670. The molecule has 0 aliphatic rings. The molecule has 0 N–H and O–H groups in total. The van der Waals surface area contributed by atoms with Crippen LogP contribution in [-0.4, -0.2) is 6.29 Å². The van der Waals surface area contributed by atoms with Crippen LogP contribution < -0.4 is 0 Å². The Labute approximate surface area is 52.9 Å². The van der Waals surface area contributed by atoms with Gasteiger partial charge in [0.25, 0.3) is 0 Å². The second-order valence-electron chi connectivity index (χ2n) is 0.882. The molecule has 0 fully saturated rings. The Morgan fingerprint density at radius 3 is 2.00 bits per heavy atom. The third-order valence-electron chi connectivity index (χ3n) is 0.174. The summed E-state index contributed by atoms with van der Waals surface area (Å²) in [6.45, 7) is 4.85. The Morgan fingerprint density at radius 1 is 1.83 bits per heavy atom. The molecule has 0 rings (SSSR count). The van der Waals surface area contributed by atoms with Crippen molar-refractivity contribution >= 4 is 6.29 Å². The zero-order valence-electron chi connectivity index (χ0n) is 3.56. The summed E-state index contributed by atoms with van der Waals surface area (Å²) < 4.78 is 0. The molecule has 1 radical (unpaired) electrons. The zero-order valence-corrected chi connectivity index (χ0v) is 5.76. The molecule has 0 heterocycles. The second-order valence-corrected chi connectivity index (χ2v) is 0.882. The van der Waals surface area contributed by atoms with Crippen molar-refractivity contribution < 1.29 is 27.2 Å². The zero-order chi connectivity index (χ0) is 4.28. The molecule has 0 aromatic heterocycles. The molecule has 0 bridgehead atoms. The summed E-state index contributed by atoms with van der Waals surface area (Å²) in [5.41, 5.74) is 0.449. The SMILES string of the molecule is C=C(C)[C-]=O.[Nb]. The van der Waals surface area contributed by atoms with Gasteiger partial charge >= 0.3 is 0 Å². The van der Waals surface area contributed by atoms with Crippen molar-refractivity contribution in [1.82, 2.24) is 0 Å². The monoisotopic (exact) mass is 162 g/mol. The minimum absolute atomic E-state index is 0. The number of allylic oxidation sites excluding steroid dienone is 1. The van der Waals surface area contributed by atoms with E-state index in [1.165, 1.54) is 0 Å². The quantitative estimate of drug-likeness (QED) is 0.314. The van der Waals surface area contributed by atoms with Crippen LogP contribution in [0.5, 0.6) is 0 Å². The molecular weight excluding hydrogens is 157 g/mol. The molecule has 6 heavy (non-hydrogen) atoms. The normalized spacial score (nSPS) is 5.50. The van der Waals surface area contributed by atoms with Gasteiger partial charge in [0.15, 0.2) is 0 Å². The van der Waals surface area contributed by atoms with E-state index in [2.05, 4.69) is 6.58 Å². The van der Waals surface area contributed by atoms with E-state index >= 15 is 0 Å². The van der Waals surface area contributed by atoms with Crippen LogP contribution in [0.25, 0.3) is 0 Å². The summed E-state index contributed by atoms with van der Waals surface area (Å²) in [6.07, 6.45) is 1.58. The number of hydrogen-bond donors (Lipinski definition) is 0. The second kappa shape index (κ2) is 5.15. The van der Waals surface area contributed by atoms with Crippen molar-refractivity contribution in [2.24, 2.45) is 0 Å². The first kappa shape index (κ1) is 9.47. The van der Waals surface area contributed by atoms with Crippen molar-refractivity contribution in [3.05, 3.63) is 12.2 Å². The van der Waals surface area contributed by atoms with Gasteiger partial charge in [-0.05, 0) is 6.29 Å². The molecule has 1 nitrogen and oxygen atoms in total. The van der Waals surface area contributed by atoms with Gasteiger partial charge in [-0.2, -0.15) is 5.57 Å². The molecule has 0 aromatic rings. The van der Waals surface area contributed by atoms with Crippen LogP contribution in [0.1, 0.15) is 6.92 Å². The fourth-order valence-electron chi connectivity index (χ4n) is 0. The number of carbonyl (C=O) groups excluding carboxylic acids is 1. The summed E-state index contributed by atoms with van der Waals surface area (Å²) in [5.74, 6) is 0. The van der Waals surface area contributed by atoms with Gasteiger partial charge in [0.05, 0.1) is 0 Å². The first-order valence-corrected chi connectivity index (χ1v) is 1.31. The van der Waals surface area contributed by atoms with Crippen LogP contribution in [0.2, 0.25) is 0 Å². The maximum atomic E-state index is 9.28. The molecule has 2 heteroatoms. The minimum Gasteiger partial charge on any atom is -0.419 e. The van der Waals surface area contributed by atoms with E-state index in [1.54, 1.807) is 13.2 Å². The first-order chi connectivity index (χ1) is 2.27. The Kier molecular flexibility index (Phi) is 8.13. The van der Waals surface area contributed by atoms with Crippen LogP contribution in [0, 0.1) is 0 Å². The van der Waals surface area contributed by atoms with E-state index in [0.29, 0.717) is 5.57 Å². The number of rotatable bonds is 1. The van der Waals surface area contributed by atoms with Crippen LogP contribution in [0.15, 0.2) is 12.2 Å². The van der Waals surface area contributed by atoms with Crippen molar-refractivity contribution in [3.8, 4) is 0 Å². The minimum atomic E-state index is 0. The molecule has 0 saturated heterocycles. The Bertz CT molecular complexity index is 58.6. The molecule has 0 atom stereocenters. The third-order valence-corrected chi connectivity index (χ3v) is 0.174. The van der Waals surface area contributed by atoms with Crippen molar-refractivity contribution in [2.75, 3.05) is 0 Å². The van der Waals surface area contributed by atoms with Gasteiger partial charge in [-0.15, -0.1) is 0 Å². The Hall–Kier alpha value is 0.150. The van der Waals surface area contributed by atoms with Crippen molar-refractivity contribution in [2.45, 2.75) is 6.92 Å². The maximum Gasteiger partial charge on any atom is 0 e. The van der Waals surface area contributed by atoms with Gasteiger partial charge in [0.1, 0.15) is 0 Å². The van der Waals surface area contributed by atoms with Crippen LogP contribution >= 0.6 is 0 Å². The van der Waals surface area contributed by atoms with Crippen LogP contribution in [0.3, 0.4) is 0 Å². The van der Waals surface area contributed by atoms with Crippen molar-refractivity contribution in [1.29, 1.82) is 0 Å². The standard InChI is InChI=1S/C4H5O.Nb/c1-4(2)3-5;/h1H2,2H3;/q-1;. The molecule has 0 spiro atoms. The summed E-state index contributed by atoms with van der Waals surface area (Å²) in [5, 5.41) is 0. The fourth-order valence-corrected chi connectivity index (χ4v) is 0. The smallest absolute Gasteiger partial charge is 0 e. The molecule has 0 saturated carbocycles. The van der Waals surface area contributed by atoms with E-state index in [1.807, 2.05) is 0 Å². The third kappa shape index (κ3) is 8.91. The van der Waals surface area contributed by atoms with Gasteiger partial charge in [-0.1, -0.05) is 6.92 Å². The molecule has 0 aromatic carbocycles. The van der Waals surface area contributed by atoms with Gasteiger partial charge in [-0.25, -0.2) is 6.58 Å². The van der Waals surface area contributed by atoms with Crippen molar-refractivity contribution in [3.63, 3.8) is 0 Å². The predicted molar refractivity (Wildman–Crippen MR) is 20.5 cm³/mol. The van der Waals surface area contributed by atoms with E-state index in [4.69, 9.17) is 0 Å². The summed E-state index contributed by atoms with van der Waals surface area (Å²) in [4.78, 5) is 9.28. The van der Waals surface area contributed by atoms with E-state index in [9.17, 15) is 4.79 Å². The van der Waals surface area contributed by atoms with Gasteiger partial charge in [-0.3, -0.25) is 0 Å². The average molecular weight is 162 g/mol. The van der Waals surface area contributed by atoms with Gasteiger partial charge in [0.2, 0.25) is 0 Å². The van der Waals surface area contributed by atoms with Gasteiger partial charge < -0.3 is 4.79 Å². The molecule has 0 aliphatic carbocycles. The van der Waals surface area contributed by atoms with Gasteiger partial charge in [0, 0.05) is 22.4 Å². The molecule has 0 amide bonds. The van der Waals surface area contributed by atoms with Crippen LogP contribution in [0.4, 0.5) is 0 Å². The molecule has 0 aliphatic heterocycles. The van der Waals surface area contributed by atoms with E-state index < -0.39 is 0 Å². The summed E-state index contributed by atoms with van der Waals surface area (Å²) in [7, 11) is 0. The van der Waals surface area contributed by atoms with Crippen LogP contribution in [-0.2, 0) is 27.2 Å². The summed E-state index contributed by atoms with van der Waals surface area (Å²) in [6, 6.07) is 0. The topological polar surface area (TPSA) is 17.1 Å². The molecular formula is C4H5NbO-. The largest absolute Gasteiger partial charge is 0.419 e. The Balaban J connectivity index is 0. The maximum absolute atomic E-state index is 9.28. The fraction of sp³-hybridized carbons (Fsp3) is 0.250. The molecule has 0 unspecified atom stereocenters. The molecule has 33 valence electrons. The number of hydrogen-bond acceptors (Lipinski definition) is 1.